The van der Waals surface area contributed by atoms with Crippen molar-refractivity contribution < 1.29 is 0 Å². The number of rotatable bonds is 1. The molecule has 0 aromatic heterocycles. The molecule has 2 rings (SSSR count). The van der Waals surface area contributed by atoms with Gasteiger partial charge in [0.1, 0.15) is 0 Å². The Balaban J connectivity index is 2.36. The minimum atomic E-state index is 0.839. The highest BCUT2D eigenvalue weighted by Crippen LogP contribution is 2.40. The average Bonchev–Trinajstić information content (AvgIpc) is 2.77. The quantitative estimate of drug-likeness (QED) is 0.599. The fraction of sp³-hybridized carbons (Fsp3) is 0.400. The van der Waals surface area contributed by atoms with Crippen molar-refractivity contribution in [2.24, 2.45) is 0 Å². The molecule has 0 saturated heterocycles. The first-order valence-corrected chi connectivity index (χ1v) is 4.41. The van der Waals surface area contributed by atoms with Crippen molar-refractivity contribution in [2.75, 3.05) is 0 Å². The van der Waals surface area contributed by atoms with Gasteiger partial charge >= 0.3 is 0 Å². The van der Waals surface area contributed by atoms with Crippen molar-refractivity contribution in [3.05, 3.63) is 34.3 Å². The van der Waals surface area contributed by atoms with Gasteiger partial charge in [-0.05, 0) is 42.9 Å². The van der Waals surface area contributed by atoms with Crippen LogP contribution >= 0.6 is 11.6 Å². The molecule has 0 heterocycles. The molecule has 1 saturated carbocycles. The summed E-state index contributed by atoms with van der Waals surface area (Å²) in [6.45, 7) is 2.06. The van der Waals surface area contributed by atoms with E-state index >= 15 is 0 Å². The van der Waals surface area contributed by atoms with Crippen LogP contribution in [0.5, 0.6) is 0 Å². The molecular weight excluding hydrogens is 156 g/mol. The van der Waals surface area contributed by atoms with Gasteiger partial charge in [0, 0.05) is 5.02 Å². The lowest BCUT2D eigenvalue weighted by Gasteiger charge is -2.00. The van der Waals surface area contributed by atoms with Crippen molar-refractivity contribution in [1.29, 1.82) is 0 Å². The smallest absolute Gasteiger partial charge is 0.0435 e. The van der Waals surface area contributed by atoms with E-state index < -0.39 is 0 Å². The topological polar surface area (TPSA) is 0 Å². The lowest BCUT2D eigenvalue weighted by Crippen LogP contribution is -1.81. The maximum atomic E-state index is 5.91. The number of benzene rings is 1. The maximum absolute atomic E-state index is 5.91. The minimum Gasteiger partial charge on any atom is -0.0841 e. The van der Waals surface area contributed by atoms with E-state index in [2.05, 4.69) is 19.1 Å². The van der Waals surface area contributed by atoms with Crippen LogP contribution in [-0.2, 0) is 0 Å². The molecule has 0 amide bonds. The number of halogens is 1. The molecule has 0 aliphatic heterocycles. The summed E-state index contributed by atoms with van der Waals surface area (Å²) in [6, 6.07) is 6.36. The Labute approximate surface area is 72.2 Å². The van der Waals surface area contributed by atoms with Crippen LogP contribution in [0.2, 0.25) is 5.02 Å². The Morgan fingerprint density at radius 1 is 1.36 bits per heavy atom. The summed E-state index contributed by atoms with van der Waals surface area (Å²) < 4.78 is 0. The molecule has 11 heavy (non-hydrogen) atoms. The minimum absolute atomic E-state index is 0.839. The fourth-order valence-corrected chi connectivity index (χ4v) is 1.46. The Kier molecular flexibility index (Phi) is 1.65. The van der Waals surface area contributed by atoms with Crippen molar-refractivity contribution >= 4 is 11.6 Å². The Morgan fingerprint density at radius 2 is 2.09 bits per heavy atom. The van der Waals surface area contributed by atoms with E-state index in [4.69, 9.17) is 11.6 Å². The number of aryl methyl sites for hydroxylation is 1. The van der Waals surface area contributed by atoms with Crippen molar-refractivity contribution in [1.82, 2.24) is 0 Å². The zero-order chi connectivity index (χ0) is 7.84. The predicted molar refractivity (Wildman–Crippen MR) is 48.2 cm³/mol. The molecule has 0 unspecified atom stereocenters. The van der Waals surface area contributed by atoms with Crippen molar-refractivity contribution in [3.63, 3.8) is 0 Å². The van der Waals surface area contributed by atoms with E-state index in [1.807, 2.05) is 6.07 Å². The summed E-state index contributed by atoms with van der Waals surface area (Å²) in [7, 11) is 0. The van der Waals surface area contributed by atoms with E-state index in [-0.39, 0.29) is 0 Å². The second-order valence-corrected chi connectivity index (χ2v) is 3.69. The van der Waals surface area contributed by atoms with Gasteiger partial charge in [0.05, 0.1) is 0 Å². The Morgan fingerprint density at radius 3 is 2.64 bits per heavy atom. The fourth-order valence-electron chi connectivity index (χ4n) is 1.34. The standard InChI is InChI=1S/C10H11Cl/c1-7-6-9(8-2-3-8)4-5-10(7)11/h4-6,8H,2-3H2,1H3. The largest absolute Gasteiger partial charge is 0.0841 e. The van der Waals surface area contributed by atoms with Gasteiger partial charge in [-0.3, -0.25) is 0 Å². The van der Waals surface area contributed by atoms with Crippen molar-refractivity contribution in [3.8, 4) is 0 Å². The normalized spacial score (nSPS) is 16.9. The second-order valence-electron chi connectivity index (χ2n) is 3.28. The summed E-state index contributed by atoms with van der Waals surface area (Å²) in [6.07, 6.45) is 2.72. The summed E-state index contributed by atoms with van der Waals surface area (Å²) in [5, 5.41) is 0.884. The molecule has 1 aromatic carbocycles. The Bertz CT molecular complexity index is 274. The summed E-state index contributed by atoms with van der Waals surface area (Å²) in [5.41, 5.74) is 2.67. The first kappa shape index (κ1) is 7.17. The van der Waals surface area contributed by atoms with Crippen LogP contribution in [-0.4, -0.2) is 0 Å². The zero-order valence-corrected chi connectivity index (χ0v) is 7.36. The zero-order valence-electron chi connectivity index (χ0n) is 6.60. The second kappa shape index (κ2) is 2.53. The SMILES string of the molecule is Cc1cc(C2CC2)ccc1Cl. The third kappa shape index (κ3) is 1.41. The van der Waals surface area contributed by atoms with Crippen LogP contribution in [0.3, 0.4) is 0 Å². The predicted octanol–water partition coefficient (Wildman–Crippen LogP) is 3.53. The van der Waals surface area contributed by atoms with E-state index in [0.29, 0.717) is 0 Å². The van der Waals surface area contributed by atoms with Crippen molar-refractivity contribution in [2.45, 2.75) is 25.7 Å². The van der Waals surface area contributed by atoms with Crippen LogP contribution in [0.15, 0.2) is 18.2 Å². The van der Waals surface area contributed by atoms with Crippen LogP contribution < -0.4 is 0 Å². The molecule has 1 fully saturated rings. The van der Waals surface area contributed by atoms with Gasteiger partial charge in [-0.15, -0.1) is 0 Å². The van der Waals surface area contributed by atoms with E-state index in [1.54, 1.807) is 0 Å². The van der Waals surface area contributed by atoms with Crippen LogP contribution in [0.4, 0.5) is 0 Å². The van der Waals surface area contributed by atoms with Crippen LogP contribution in [0.25, 0.3) is 0 Å². The Hall–Kier alpha value is -0.490. The molecule has 58 valence electrons. The molecule has 1 aliphatic rings. The number of hydrogen-bond acceptors (Lipinski definition) is 0. The maximum Gasteiger partial charge on any atom is 0.0435 e. The van der Waals surface area contributed by atoms with Gasteiger partial charge in [0.2, 0.25) is 0 Å². The molecule has 0 bridgehead atoms. The molecule has 1 aromatic rings. The highest BCUT2D eigenvalue weighted by molar-refractivity contribution is 6.31. The molecule has 0 N–H and O–H groups in total. The van der Waals surface area contributed by atoms with Crippen LogP contribution in [0, 0.1) is 6.92 Å². The van der Waals surface area contributed by atoms with Gasteiger partial charge in [-0.1, -0.05) is 23.7 Å². The van der Waals surface area contributed by atoms with Gasteiger partial charge in [0.15, 0.2) is 0 Å². The molecular formula is C10H11Cl. The first-order chi connectivity index (χ1) is 5.27. The summed E-state index contributed by atoms with van der Waals surface area (Å²) in [4.78, 5) is 0. The molecule has 0 nitrogen and oxygen atoms in total. The first-order valence-electron chi connectivity index (χ1n) is 4.03. The highest BCUT2D eigenvalue weighted by atomic mass is 35.5. The van der Waals surface area contributed by atoms with E-state index in [1.165, 1.54) is 24.0 Å². The molecule has 0 atom stereocenters. The van der Waals surface area contributed by atoms with Crippen LogP contribution in [0.1, 0.15) is 29.9 Å². The highest BCUT2D eigenvalue weighted by Gasteiger charge is 2.23. The summed E-state index contributed by atoms with van der Waals surface area (Å²) in [5.74, 6) is 0.839. The molecule has 0 spiro atoms. The third-order valence-electron chi connectivity index (χ3n) is 2.23. The third-order valence-corrected chi connectivity index (χ3v) is 2.65. The van der Waals surface area contributed by atoms with E-state index in [0.717, 1.165) is 10.9 Å². The molecule has 0 radical (unpaired) electrons. The summed E-state index contributed by atoms with van der Waals surface area (Å²) >= 11 is 5.91. The van der Waals surface area contributed by atoms with Gasteiger partial charge in [-0.2, -0.15) is 0 Å². The van der Waals surface area contributed by atoms with Gasteiger partial charge in [-0.25, -0.2) is 0 Å². The van der Waals surface area contributed by atoms with Gasteiger partial charge in [0.25, 0.3) is 0 Å². The van der Waals surface area contributed by atoms with Gasteiger partial charge < -0.3 is 0 Å². The lowest BCUT2D eigenvalue weighted by molar-refractivity contribution is 1.12. The molecule has 1 heteroatoms. The average molecular weight is 167 g/mol. The monoisotopic (exact) mass is 166 g/mol. The number of hydrogen-bond donors (Lipinski definition) is 0. The lowest BCUT2D eigenvalue weighted by atomic mass is 10.1. The molecule has 1 aliphatic carbocycles. The van der Waals surface area contributed by atoms with E-state index in [9.17, 15) is 0 Å².